The summed E-state index contributed by atoms with van der Waals surface area (Å²) in [4.78, 5) is 11.4. The van der Waals surface area contributed by atoms with Crippen LogP contribution in [0, 0.1) is 11.3 Å². The van der Waals surface area contributed by atoms with E-state index in [1.807, 2.05) is 31.2 Å². The van der Waals surface area contributed by atoms with Crippen LogP contribution in [0.2, 0.25) is 0 Å². The minimum absolute atomic E-state index is 0.0426. The monoisotopic (exact) mass is 295 g/mol. The van der Waals surface area contributed by atoms with Crippen LogP contribution in [-0.4, -0.2) is 22.7 Å². The van der Waals surface area contributed by atoms with Crippen LogP contribution in [-0.2, 0) is 4.79 Å². The van der Waals surface area contributed by atoms with Gasteiger partial charge in [0.25, 0.3) is 5.91 Å². The van der Waals surface area contributed by atoms with Crippen molar-refractivity contribution in [2.45, 2.75) is 13.0 Å². The fourth-order valence-corrected chi connectivity index (χ4v) is 2.14. The van der Waals surface area contributed by atoms with Crippen molar-refractivity contribution in [2.75, 3.05) is 17.2 Å². The van der Waals surface area contributed by atoms with Gasteiger partial charge in [0.1, 0.15) is 17.6 Å². The van der Waals surface area contributed by atoms with E-state index < -0.39 is 0 Å². The second kappa shape index (κ2) is 5.69. The summed E-state index contributed by atoms with van der Waals surface area (Å²) in [5.41, 5.74) is 1.90. The Morgan fingerprint density at radius 3 is 2.95 bits per heavy atom. The Labute approximate surface area is 126 Å². The molecule has 2 heterocycles. The van der Waals surface area contributed by atoms with Gasteiger partial charge >= 0.3 is 0 Å². The number of carbonyl (C=O) groups is 1. The van der Waals surface area contributed by atoms with Crippen LogP contribution in [0.1, 0.15) is 24.2 Å². The number of hydrogen-bond donors (Lipinski definition) is 2. The normalized spacial score (nSPS) is 14.1. The molecule has 1 aromatic heterocycles. The number of hydrogen-bond acceptors (Lipinski definition) is 6. The highest BCUT2D eigenvalue weighted by Gasteiger charge is 2.17. The standard InChI is InChI=1S/C15H13N5O2/c1-9(17-14-5-3-11(7-16)19-20-14)10-2-4-13-12(6-10)18-15(21)8-22-13/h2-6,9H,8H2,1H3,(H,17,20)(H,18,21). The summed E-state index contributed by atoms with van der Waals surface area (Å²) in [5.74, 6) is 1.07. The number of nitrogens with zero attached hydrogens (tertiary/aromatic N) is 3. The van der Waals surface area contributed by atoms with Crippen LogP contribution in [0.4, 0.5) is 11.5 Å². The third kappa shape index (κ3) is 2.81. The zero-order valence-corrected chi connectivity index (χ0v) is 11.8. The maximum atomic E-state index is 11.4. The molecule has 2 N–H and O–H groups in total. The predicted molar refractivity (Wildman–Crippen MR) is 79.4 cm³/mol. The number of fused-ring (bicyclic) bond motifs is 1. The lowest BCUT2D eigenvalue weighted by atomic mass is 10.1. The molecule has 22 heavy (non-hydrogen) atoms. The highest BCUT2D eigenvalue weighted by molar-refractivity contribution is 5.95. The zero-order valence-electron chi connectivity index (χ0n) is 11.8. The molecular weight excluding hydrogens is 282 g/mol. The second-order valence-electron chi connectivity index (χ2n) is 4.87. The molecular formula is C15H13N5O2. The van der Waals surface area contributed by atoms with Gasteiger partial charge in [-0.2, -0.15) is 5.26 Å². The van der Waals surface area contributed by atoms with Crippen LogP contribution >= 0.6 is 0 Å². The summed E-state index contributed by atoms with van der Waals surface area (Å²) in [6.45, 7) is 2.01. The summed E-state index contributed by atoms with van der Waals surface area (Å²) in [7, 11) is 0. The maximum Gasteiger partial charge on any atom is 0.262 e. The smallest absolute Gasteiger partial charge is 0.262 e. The summed E-state index contributed by atoms with van der Waals surface area (Å²) in [5, 5.41) is 22.4. The molecule has 3 rings (SSSR count). The average molecular weight is 295 g/mol. The van der Waals surface area contributed by atoms with E-state index in [-0.39, 0.29) is 24.2 Å². The first kappa shape index (κ1) is 13.8. The molecule has 1 amide bonds. The molecule has 0 aliphatic carbocycles. The summed E-state index contributed by atoms with van der Waals surface area (Å²) in [6.07, 6.45) is 0. The van der Waals surface area contributed by atoms with E-state index in [2.05, 4.69) is 20.8 Å². The van der Waals surface area contributed by atoms with Crippen molar-refractivity contribution in [1.29, 1.82) is 5.26 Å². The predicted octanol–water partition coefficient (Wildman–Crippen LogP) is 1.85. The maximum absolute atomic E-state index is 11.4. The molecule has 0 bridgehead atoms. The van der Waals surface area contributed by atoms with Crippen LogP contribution in [0.3, 0.4) is 0 Å². The van der Waals surface area contributed by atoms with Gasteiger partial charge in [-0.15, -0.1) is 10.2 Å². The fourth-order valence-electron chi connectivity index (χ4n) is 2.14. The van der Waals surface area contributed by atoms with Crippen molar-refractivity contribution in [1.82, 2.24) is 10.2 Å². The van der Waals surface area contributed by atoms with E-state index in [9.17, 15) is 4.79 Å². The zero-order chi connectivity index (χ0) is 15.5. The highest BCUT2D eigenvalue weighted by atomic mass is 16.5. The van der Waals surface area contributed by atoms with Gasteiger partial charge in [-0.05, 0) is 36.8 Å². The van der Waals surface area contributed by atoms with Crippen molar-refractivity contribution in [3.05, 3.63) is 41.6 Å². The lowest BCUT2D eigenvalue weighted by molar-refractivity contribution is -0.118. The van der Waals surface area contributed by atoms with Gasteiger partial charge in [-0.25, -0.2) is 0 Å². The van der Waals surface area contributed by atoms with E-state index in [1.165, 1.54) is 0 Å². The SMILES string of the molecule is CC(Nc1ccc(C#N)nn1)c1ccc2c(c1)NC(=O)CO2. The second-order valence-corrected chi connectivity index (χ2v) is 4.87. The third-order valence-electron chi connectivity index (χ3n) is 3.28. The van der Waals surface area contributed by atoms with Gasteiger partial charge < -0.3 is 15.4 Å². The van der Waals surface area contributed by atoms with E-state index in [0.29, 0.717) is 17.3 Å². The fraction of sp³-hybridized carbons (Fsp3) is 0.200. The molecule has 110 valence electrons. The number of nitrogens with one attached hydrogen (secondary N) is 2. The number of aromatic nitrogens is 2. The van der Waals surface area contributed by atoms with Gasteiger partial charge in [0.2, 0.25) is 0 Å². The molecule has 1 aliphatic rings. The van der Waals surface area contributed by atoms with Crippen molar-refractivity contribution in [3.8, 4) is 11.8 Å². The molecule has 0 radical (unpaired) electrons. The topological polar surface area (TPSA) is 99.9 Å². The van der Waals surface area contributed by atoms with Gasteiger partial charge in [0.05, 0.1) is 11.7 Å². The summed E-state index contributed by atoms with van der Waals surface area (Å²) < 4.78 is 5.33. The van der Waals surface area contributed by atoms with Crippen LogP contribution in [0.15, 0.2) is 30.3 Å². The summed E-state index contributed by atoms with van der Waals surface area (Å²) >= 11 is 0. The Morgan fingerprint density at radius 1 is 1.36 bits per heavy atom. The lowest BCUT2D eigenvalue weighted by Gasteiger charge is -2.21. The number of nitriles is 1. The molecule has 0 spiro atoms. The van der Waals surface area contributed by atoms with E-state index >= 15 is 0 Å². The molecule has 1 aromatic carbocycles. The summed E-state index contributed by atoms with van der Waals surface area (Å²) in [6, 6.07) is 10.8. The minimum Gasteiger partial charge on any atom is -0.482 e. The van der Waals surface area contributed by atoms with Gasteiger partial charge in [0.15, 0.2) is 12.3 Å². The molecule has 7 nitrogen and oxygen atoms in total. The largest absolute Gasteiger partial charge is 0.482 e. The van der Waals surface area contributed by atoms with E-state index in [0.717, 1.165) is 5.56 Å². The molecule has 2 aromatic rings. The molecule has 1 aliphatic heterocycles. The van der Waals surface area contributed by atoms with Crippen LogP contribution < -0.4 is 15.4 Å². The molecule has 7 heteroatoms. The first-order chi connectivity index (χ1) is 10.7. The van der Waals surface area contributed by atoms with Gasteiger partial charge in [0, 0.05) is 0 Å². The molecule has 0 fully saturated rings. The molecule has 1 atom stereocenters. The van der Waals surface area contributed by atoms with Crippen LogP contribution in [0.25, 0.3) is 0 Å². The molecule has 1 unspecified atom stereocenters. The number of amides is 1. The molecule has 0 saturated carbocycles. The van der Waals surface area contributed by atoms with Crippen molar-refractivity contribution >= 4 is 17.4 Å². The van der Waals surface area contributed by atoms with Crippen molar-refractivity contribution < 1.29 is 9.53 Å². The quantitative estimate of drug-likeness (QED) is 0.896. The van der Waals surface area contributed by atoms with Crippen molar-refractivity contribution in [2.24, 2.45) is 0 Å². The Kier molecular flexibility index (Phi) is 3.58. The first-order valence-electron chi connectivity index (χ1n) is 6.72. The highest BCUT2D eigenvalue weighted by Crippen LogP contribution is 2.31. The minimum atomic E-state index is -0.164. The Bertz CT molecular complexity index is 752. The Morgan fingerprint density at radius 2 is 2.23 bits per heavy atom. The lowest BCUT2D eigenvalue weighted by Crippen LogP contribution is -2.25. The number of anilines is 2. The third-order valence-corrected chi connectivity index (χ3v) is 3.28. The van der Waals surface area contributed by atoms with Gasteiger partial charge in [-0.3, -0.25) is 4.79 Å². The number of ether oxygens (including phenoxy) is 1. The Hall–Kier alpha value is -3.14. The van der Waals surface area contributed by atoms with Crippen LogP contribution in [0.5, 0.6) is 5.75 Å². The number of benzene rings is 1. The van der Waals surface area contributed by atoms with Gasteiger partial charge in [-0.1, -0.05) is 6.07 Å². The first-order valence-corrected chi connectivity index (χ1v) is 6.72. The van der Waals surface area contributed by atoms with Crippen molar-refractivity contribution in [3.63, 3.8) is 0 Å². The average Bonchev–Trinajstić information content (AvgIpc) is 2.54. The molecule has 0 saturated heterocycles. The number of rotatable bonds is 3. The van der Waals surface area contributed by atoms with E-state index in [1.54, 1.807) is 12.1 Å². The number of carbonyl (C=O) groups excluding carboxylic acids is 1. The van der Waals surface area contributed by atoms with E-state index in [4.69, 9.17) is 10.00 Å². The Balaban J connectivity index is 1.77.